The molecule has 0 bridgehead atoms. The van der Waals surface area contributed by atoms with Crippen molar-refractivity contribution in [2.45, 2.75) is 40.2 Å². The lowest BCUT2D eigenvalue weighted by atomic mass is 9.53. The monoisotopic (exact) mass is 400 g/mol. The van der Waals surface area contributed by atoms with Crippen molar-refractivity contribution >= 4 is 23.3 Å². The number of anilines is 1. The zero-order chi connectivity index (χ0) is 21.1. The number of ether oxygens (including phenoxy) is 1. The van der Waals surface area contributed by atoms with Gasteiger partial charge in [0.05, 0.1) is 16.1 Å². The third kappa shape index (κ3) is 4.93. The van der Waals surface area contributed by atoms with Gasteiger partial charge in [-0.2, -0.15) is 5.26 Å². The average Bonchev–Trinajstić information content (AvgIpc) is 2.60. The quantitative estimate of drug-likeness (QED) is 0.801. The largest absolute Gasteiger partial charge is 0.489 e. The second-order valence-corrected chi connectivity index (χ2v) is 8.65. The predicted molar refractivity (Wildman–Crippen MR) is 110 cm³/mol. The van der Waals surface area contributed by atoms with Crippen LogP contribution in [0, 0.1) is 22.2 Å². The molecule has 1 aliphatic rings. The molecule has 1 fully saturated rings. The molecular weight excluding hydrogens is 376 g/mol. The van der Waals surface area contributed by atoms with Gasteiger partial charge in [-0.3, -0.25) is 4.79 Å². The van der Waals surface area contributed by atoms with Crippen molar-refractivity contribution in [3.63, 3.8) is 0 Å². The van der Waals surface area contributed by atoms with E-state index in [1.54, 1.807) is 12.1 Å². The lowest BCUT2D eigenvalue weighted by molar-refractivity contribution is -0.133. The predicted octanol–water partition coefficient (Wildman–Crippen LogP) is 4.18. The first-order chi connectivity index (χ1) is 13.0. The van der Waals surface area contributed by atoms with Crippen LogP contribution in [0.4, 0.5) is 5.82 Å². The Kier molecular flexibility index (Phi) is 6.20. The first-order valence-electron chi connectivity index (χ1n) is 8.84. The van der Waals surface area contributed by atoms with E-state index in [0.717, 1.165) is 12.2 Å². The topological polar surface area (TPSA) is 115 Å². The highest BCUT2D eigenvalue weighted by Crippen LogP contribution is 2.55. The second kappa shape index (κ2) is 8.07. The summed E-state index contributed by atoms with van der Waals surface area (Å²) in [5.74, 6) is 0.627. The summed E-state index contributed by atoms with van der Waals surface area (Å²) < 4.78 is 6.07. The van der Waals surface area contributed by atoms with Gasteiger partial charge >= 0.3 is 0 Å². The molecule has 6 nitrogen and oxygen atoms in total. The fraction of sp³-hybridized carbons (Fsp3) is 0.381. The molecule has 7 heteroatoms. The Morgan fingerprint density at radius 1 is 1.25 bits per heavy atom. The number of pyridine rings is 1. The Bertz CT molecular complexity index is 888. The van der Waals surface area contributed by atoms with Crippen LogP contribution in [0.1, 0.15) is 50.0 Å². The number of hydrogen-bond donors (Lipinski definition) is 2. The summed E-state index contributed by atoms with van der Waals surface area (Å²) in [6, 6.07) is 10.4. The molecule has 2 aromatic rings. The van der Waals surface area contributed by atoms with Crippen molar-refractivity contribution in [3.05, 3.63) is 52.7 Å². The fourth-order valence-electron chi connectivity index (χ4n) is 3.95. The molecule has 0 atom stereocenters. The molecule has 0 saturated heterocycles. The summed E-state index contributed by atoms with van der Waals surface area (Å²) >= 11 is 6.01. The molecule has 1 amide bonds. The van der Waals surface area contributed by atoms with Crippen LogP contribution in [0.15, 0.2) is 36.5 Å². The van der Waals surface area contributed by atoms with Crippen LogP contribution < -0.4 is 16.2 Å². The molecule has 148 valence electrons. The van der Waals surface area contributed by atoms with Crippen LogP contribution in [0.25, 0.3) is 0 Å². The summed E-state index contributed by atoms with van der Waals surface area (Å²) in [5, 5.41) is 9.29. The summed E-state index contributed by atoms with van der Waals surface area (Å²) in [4.78, 5) is 14.1. The standard InChI is InChI=1S/C15H18ClNO.C6H7N3O/c1-14(2)9-15(3,4)13(14)18-11-6-5-10(8-17)12(16)7-11;7-5-2-1-4(3-9-5)6(8)10/h5-7,13H,9H2,1-4H3;1-3H,(H2,7,9)(H2,8,10). The number of hydrogen-bond acceptors (Lipinski definition) is 5. The first kappa shape index (κ1) is 21.5. The third-order valence-electron chi connectivity index (χ3n) is 4.72. The summed E-state index contributed by atoms with van der Waals surface area (Å²) in [6.07, 6.45) is 2.67. The number of primary amides is 1. The minimum Gasteiger partial charge on any atom is -0.489 e. The van der Waals surface area contributed by atoms with Gasteiger partial charge < -0.3 is 16.2 Å². The third-order valence-corrected chi connectivity index (χ3v) is 5.03. The minimum absolute atomic E-state index is 0.175. The number of carbonyl (C=O) groups is 1. The van der Waals surface area contributed by atoms with E-state index in [2.05, 4.69) is 32.7 Å². The number of benzene rings is 1. The number of nitrogens with two attached hydrogens (primary N) is 2. The maximum Gasteiger partial charge on any atom is 0.250 e. The number of amides is 1. The van der Waals surface area contributed by atoms with E-state index >= 15 is 0 Å². The summed E-state index contributed by atoms with van der Waals surface area (Å²) in [5.41, 5.74) is 11.4. The molecule has 1 aliphatic carbocycles. The normalized spacial score (nSPS) is 16.7. The highest BCUT2D eigenvalue weighted by molar-refractivity contribution is 6.31. The SMILES string of the molecule is CC1(C)CC(C)(C)C1Oc1ccc(C#N)c(Cl)c1.NC(=O)c1ccc(N)nc1. The molecule has 0 spiro atoms. The molecule has 4 N–H and O–H groups in total. The molecule has 1 saturated carbocycles. The fourth-order valence-corrected chi connectivity index (χ4v) is 4.17. The van der Waals surface area contributed by atoms with Crippen molar-refractivity contribution in [2.24, 2.45) is 16.6 Å². The van der Waals surface area contributed by atoms with E-state index in [1.165, 1.54) is 18.3 Å². The highest BCUT2D eigenvalue weighted by atomic mass is 35.5. The average molecular weight is 401 g/mol. The van der Waals surface area contributed by atoms with Crippen molar-refractivity contribution in [3.8, 4) is 11.8 Å². The van der Waals surface area contributed by atoms with Crippen LogP contribution in [-0.2, 0) is 0 Å². The van der Waals surface area contributed by atoms with Gasteiger partial charge in [-0.25, -0.2) is 4.98 Å². The number of nitrogen functional groups attached to an aromatic ring is 1. The number of aromatic nitrogens is 1. The Morgan fingerprint density at radius 2 is 1.89 bits per heavy atom. The van der Waals surface area contributed by atoms with Crippen LogP contribution in [0.2, 0.25) is 5.02 Å². The van der Waals surface area contributed by atoms with E-state index in [4.69, 9.17) is 33.1 Å². The van der Waals surface area contributed by atoms with Crippen molar-refractivity contribution in [1.29, 1.82) is 5.26 Å². The molecular formula is C21H25ClN4O2. The Hall–Kier alpha value is -2.78. The Morgan fingerprint density at radius 3 is 2.32 bits per heavy atom. The van der Waals surface area contributed by atoms with Crippen LogP contribution in [0.5, 0.6) is 5.75 Å². The number of nitrogens with zero attached hydrogens (tertiary/aromatic N) is 2. The molecule has 1 heterocycles. The molecule has 1 aromatic carbocycles. The van der Waals surface area contributed by atoms with Gasteiger partial charge in [-0.15, -0.1) is 0 Å². The van der Waals surface area contributed by atoms with Crippen molar-refractivity contribution in [1.82, 2.24) is 4.98 Å². The zero-order valence-electron chi connectivity index (χ0n) is 16.5. The van der Waals surface area contributed by atoms with Gasteiger partial charge in [0.1, 0.15) is 23.7 Å². The first-order valence-corrected chi connectivity index (χ1v) is 9.22. The van der Waals surface area contributed by atoms with Gasteiger partial charge in [-0.1, -0.05) is 39.3 Å². The molecule has 1 aromatic heterocycles. The smallest absolute Gasteiger partial charge is 0.250 e. The minimum atomic E-state index is -0.493. The molecule has 0 unspecified atom stereocenters. The van der Waals surface area contributed by atoms with E-state index in [1.807, 2.05) is 12.1 Å². The van der Waals surface area contributed by atoms with Gasteiger partial charge in [0.25, 0.3) is 0 Å². The van der Waals surface area contributed by atoms with Gasteiger partial charge in [0, 0.05) is 23.1 Å². The molecule has 0 aliphatic heterocycles. The Labute approximate surface area is 170 Å². The van der Waals surface area contributed by atoms with Gasteiger partial charge in [0.2, 0.25) is 5.91 Å². The van der Waals surface area contributed by atoms with Gasteiger partial charge in [-0.05, 0) is 30.7 Å². The lowest BCUT2D eigenvalue weighted by Crippen LogP contribution is -2.58. The highest BCUT2D eigenvalue weighted by Gasteiger charge is 2.54. The van der Waals surface area contributed by atoms with E-state index in [0.29, 0.717) is 22.0 Å². The second-order valence-electron chi connectivity index (χ2n) is 8.24. The van der Waals surface area contributed by atoms with E-state index in [-0.39, 0.29) is 16.9 Å². The van der Waals surface area contributed by atoms with Crippen LogP contribution in [0.3, 0.4) is 0 Å². The zero-order valence-corrected chi connectivity index (χ0v) is 17.2. The van der Waals surface area contributed by atoms with Gasteiger partial charge in [0.15, 0.2) is 0 Å². The lowest BCUT2D eigenvalue weighted by Gasteiger charge is -2.56. The van der Waals surface area contributed by atoms with E-state index in [9.17, 15) is 4.79 Å². The maximum atomic E-state index is 10.5. The molecule has 3 rings (SSSR count). The molecule has 28 heavy (non-hydrogen) atoms. The summed E-state index contributed by atoms with van der Waals surface area (Å²) in [6.45, 7) is 8.87. The Balaban J connectivity index is 0.000000237. The van der Waals surface area contributed by atoms with Crippen molar-refractivity contribution < 1.29 is 9.53 Å². The molecule has 0 radical (unpaired) electrons. The van der Waals surface area contributed by atoms with Crippen LogP contribution in [-0.4, -0.2) is 17.0 Å². The number of nitriles is 1. The summed E-state index contributed by atoms with van der Waals surface area (Å²) in [7, 11) is 0. The number of rotatable bonds is 3. The van der Waals surface area contributed by atoms with Crippen molar-refractivity contribution in [2.75, 3.05) is 5.73 Å². The maximum absolute atomic E-state index is 10.5. The van der Waals surface area contributed by atoms with E-state index < -0.39 is 5.91 Å². The number of halogens is 1. The van der Waals surface area contributed by atoms with Crippen LogP contribution >= 0.6 is 11.6 Å². The number of carbonyl (C=O) groups excluding carboxylic acids is 1.